The van der Waals surface area contributed by atoms with Crippen molar-refractivity contribution < 1.29 is 4.79 Å². The van der Waals surface area contributed by atoms with E-state index in [1.165, 1.54) is 23.3 Å². The summed E-state index contributed by atoms with van der Waals surface area (Å²) in [6.07, 6.45) is 3.12. The predicted molar refractivity (Wildman–Crippen MR) is 115 cm³/mol. The molecule has 0 aromatic heterocycles. The molecule has 2 atom stereocenters. The van der Waals surface area contributed by atoms with Gasteiger partial charge in [0.25, 0.3) is 5.91 Å². The highest BCUT2D eigenvalue weighted by atomic mass is 32.2. The van der Waals surface area contributed by atoms with Crippen molar-refractivity contribution in [2.24, 2.45) is 11.0 Å². The Bertz CT molecular complexity index is 926. The molecule has 0 saturated carbocycles. The van der Waals surface area contributed by atoms with E-state index in [-0.39, 0.29) is 5.91 Å². The molecule has 1 amide bonds. The van der Waals surface area contributed by atoms with Crippen LogP contribution in [-0.2, 0) is 13.0 Å². The third-order valence-electron chi connectivity index (χ3n) is 6.13. The van der Waals surface area contributed by atoms with Gasteiger partial charge in [-0.15, -0.1) is 0 Å². The molecule has 3 aliphatic heterocycles. The van der Waals surface area contributed by atoms with Gasteiger partial charge < -0.3 is 10.3 Å². The summed E-state index contributed by atoms with van der Waals surface area (Å²) in [5, 5.41) is 5.31. The lowest BCUT2D eigenvalue weighted by molar-refractivity contribution is 0.0683. The zero-order chi connectivity index (χ0) is 18.9. The normalized spacial score (nSPS) is 23.4. The molecule has 28 heavy (non-hydrogen) atoms. The minimum atomic E-state index is 0.182. The molecule has 2 saturated heterocycles. The average molecular weight is 392 g/mol. The molecule has 2 unspecified atom stereocenters. The Balaban J connectivity index is 1.33. The minimum absolute atomic E-state index is 0.182. The first kappa shape index (κ1) is 17.8. The summed E-state index contributed by atoms with van der Waals surface area (Å²) in [5.74, 6) is 2.12. The molecule has 0 spiro atoms. The SMILES string of the molecule is O=C(c1cccc(CC2=NNCc3ccccc32)c1)N1CCC2SCCC2C1. The fourth-order valence-corrected chi connectivity index (χ4v) is 6.13. The van der Waals surface area contributed by atoms with Crippen molar-refractivity contribution in [1.82, 2.24) is 10.3 Å². The molecule has 2 aromatic rings. The van der Waals surface area contributed by atoms with Gasteiger partial charge in [0.2, 0.25) is 0 Å². The summed E-state index contributed by atoms with van der Waals surface area (Å²) >= 11 is 2.10. The summed E-state index contributed by atoms with van der Waals surface area (Å²) in [5.41, 5.74) is 8.59. The highest BCUT2D eigenvalue weighted by molar-refractivity contribution is 8.00. The Kier molecular flexibility index (Phi) is 4.85. The first-order valence-corrected chi connectivity index (χ1v) is 11.2. The molecule has 2 aromatic carbocycles. The summed E-state index contributed by atoms with van der Waals surface area (Å²) in [6, 6.07) is 16.5. The number of thioether (sulfide) groups is 1. The largest absolute Gasteiger partial charge is 0.338 e. The number of hydrogen-bond acceptors (Lipinski definition) is 4. The first-order chi connectivity index (χ1) is 13.8. The van der Waals surface area contributed by atoms with E-state index in [0.29, 0.717) is 5.92 Å². The quantitative estimate of drug-likeness (QED) is 0.868. The second-order valence-electron chi connectivity index (χ2n) is 7.93. The van der Waals surface area contributed by atoms with E-state index in [1.54, 1.807) is 0 Å². The molecular weight excluding hydrogens is 366 g/mol. The molecule has 5 heteroatoms. The van der Waals surface area contributed by atoms with E-state index in [0.717, 1.165) is 54.6 Å². The number of hydrogen-bond donors (Lipinski definition) is 1. The lowest BCUT2D eigenvalue weighted by Crippen LogP contribution is -2.43. The van der Waals surface area contributed by atoms with E-state index in [4.69, 9.17) is 0 Å². The monoisotopic (exact) mass is 391 g/mol. The van der Waals surface area contributed by atoms with Crippen molar-refractivity contribution in [2.45, 2.75) is 31.1 Å². The van der Waals surface area contributed by atoms with Crippen LogP contribution in [0.25, 0.3) is 0 Å². The van der Waals surface area contributed by atoms with Gasteiger partial charge >= 0.3 is 0 Å². The number of nitrogens with one attached hydrogen (secondary N) is 1. The van der Waals surface area contributed by atoms with Crippen LogP contribution < -0.4 is 5.43 Å². The number of carbonyl (C=O) groups is 1. The van der Waals surface area contributed by atoms with E-state index in [1.807, 2.05) is 12.1 Å². The van der Waals surface area contributed by atoms with E-state index in [9.17, 15) is 4.79 Å². The zero-order valence-electron chi connectivity index (χ0n) is 15.9. The summed E-state index contributed by atoms with van der Waals surface area (Å²) in [6.45, 7) is 2.58. The van der Waals surface area contributed by atoms with Crippen LogP contribution in [0.4, 0.5) is 0 Å². The molecule has 3 aliphatic rings. The third-order valence-corrected chi connectivity index (χ3v) is 7.65. The number of hydrazone groups is 1. The Hall–Kier alpha value is -2.27. The van der Waals surface area contributed by atoms with Crippen molar-refractivity contribution in [3.05, 3.63) is 70.8 Å². The number of amides is 1. The number of carbonyl (C=O) groups excluding carboxylic acids is 1. The van der Waals surface area contributed by atoms with Gasteiger partial charge in [0.15, 0.2) is 0 Å². The van der Waals surface area contributed by atoms with Gasteiger partial charge in [-0.25, -0.2) is 0 Å². The van der Waals surface area contributed by atoms with Crippen LogP contribution >= 0.6 is 11.8 Å². The average Bonchev–Trinajstić information content (AvgIpc) is 3.22. The molecular formula is C23H25N3OS. The summed E-state index contributed by atoms with van der Waals surface area (Å²) in [4.78, 5) is 15.2. The van der Waals surface area contributed by atoms with Crippen molar-refractivity contribution in [3.63, 3.8) is 0 Å². The number of benzene rings is 2. The van der Waals surface area contributed by atoms with Crippen LogP contribution in [0.2, 0.25) is 0 Å². The van der Waals surface area contributed by atoms with Gasteiger partial charge in [-0.3, -0.25) is 4.79 Å². The summed E-state index contributed by atoms with van der Waals surface area (Å²) < 4.78 is 0. The Labute approximate surface area is 170 Å². The first-order valence-electron chi connectivity index (χ1n) is 10.2. The maximum Gasteiger partial charge on any atom is 0.253 e. The lowest BCUT2D eigenvalue weighted by atomic mass is 9.94. The van der Waals surface area contributed by atoms with Gasteiger partial charge in [0, 0.05) is 35.9 Å². The van der Waals surface area contributed by atoms with Crippen molar-refractivity contribution >= 4 is 23.4 Å². The number of rotatable bonds is 3. The molecule has 3 heterocycles. The fraction of sp³-hybridized carbons (Fsp3) is 0.391. The Morgan fingerprint density at radius 2 is 2.11 bits per heavy atom. The second-order valence-corrected chi connectivity index (χ2v) is 9.27. The molecule has 0 bridgehead atoms. The van der Waals surface area contributed by atoms with Crippen LogP contribution in [0.5, 0.6) is 0 Å². The smallest absolute Gasteiger partial charge is 0.253 e. The van der Waals surface area contributed by atoms with Crippen LogP contribution in [0.3, 0.4) is 0 Å². The molecule has 4 nitrogen and oxygen atoms in total. The number of fused-ring (bicyclic) bond motifs is 2. The second kappa shape index (κ2) is 7.63. The number of piperidine rings is 1. The lowest BCUT2D eigenvalue weighted by Gasteiger charge is -2.34. The van der Waals surface area contributed by atoms with E-state index >= 15 is 0 Å². The number of likely N-dealkylation sites (tertiary alicyclic amines) is 1. The Morgan fingerprint density at radius 3 is 3.07 bits per heavy atom. The van der Waals surface area contributed by atoms with Gasteiger partial charge in [0.05, 0.1) is 12.3 Å². The third kappa shape index (κ3) is 3.44. The minimum Gasteiger partial charge on any atom is -0.338 e. The predicted octanol–water partition coefficient (Wildman–Crippen LogP) is 3.70. The van der Waals surface area contributed by atoms with Gasteiger partial charge in [0.1, 0.15) is 0 Å². The zero-order valence-corrected chi connectivity index (χ0v) is 16.8. The van der Waals surface area contributed by atoms with E-state index in [2.05, 4.69) is 63.6 Å². The van der Waals surface area contributed by atoms with Crippen LogP contribution in [0.15, 0.2) is 53.6 Å². The topological polar surface area (TPSA) is 44.7 Å². The molecule has 0 radical (unpaired) electrons. The molecule has 144 valence electrons. The van der Waals surface area contributed by atoms with Crippen LogP contribution in [0.1, 0.15) is 39.9 Å². The highest BCUT2D eigenvalue weighted by Crippen LogP contribution is 2.38. The molecule has 0 aliphatic carbocycles. The van der Waals surface area contributed by atoms with Crippen molar-refractivity contribution in [2.75, 3.05) is 18.8 Å². The Morgan fingerprint density at radius 1 is 1.18 bits per heavy atom. The highest BCUT2D eigenvalue weighted by Gasteiger charge is 2.35. The van der Waals surface area contributed by atoms with Crippen molar-refractivity contribution in [1.29, 1.82) is 0 Å². The maximum atomic E-state index is 13.1. The summed E-state index contributed by atoms with van der Waals surface area (Å²) in [7, 11) is 0. The van der Waals surface area contributed by atoms with Gasteiger partial charge in [-0.2, -0.15) is 16.9 Å². The van der Waals surface area contributed by atoms with E-state index < -0.39 is 0 Å². The van der Waals surface area contributed by atoms with Crippen LogP contribution in [-0.4, -0.2) is 40.6 Å². The molecule has 5 rings (SSSR count). The molecule has 1 N–H and O–H groups in total. The van der Waals surface area contributed by atoms with Gasteiger partial charge in [-0.05, 0) is 47.8 Å². The molecule has 2 fully saturated rings. The van der Waals surface area contributed by atoms with Crippen LogP contribution in [0, 0.1) is 5.92 Å². The van der Waals surface area contributed by atoms with Gasteiger partial charge in [-0.1, -0.05) is 36.4 Å². The number of nitrogens with zero attached hydrogens (tertiary/aromatic N) is 2. The standard InChI is InChI=1S/C23H25N3OS/c27-23(26-10-8-22-19(15-26)9-11-28-22)17-6-3-4-16(12-17)13-21-20-7-2-1-5-18(20)14-24-25-21/h1-7,12,19,22,24H,8-11,13-15H2. The fourth-order valence-electron chi connectivity index (χ4n) is 4.62. The van der Waals surface area contributed by atoms with Crippen molar-refractivity contribution in [3.8, 4) is 0 Å². The maximum absolute atomic E-state index is 13.1.